The molecular formula is C18H19N3S. The lowest BCUT2D eigenvalue weighted by Gasteiger charge is -2.26. The van der Waals surface area contributed by atoms with Crippen molar-refractivity contribution in [2.45, 2.75) is 36.6 Å². The minimum atomic E-state index is 0.260. The molecule has 4 rings (SSSR count). The second-order valence-electron chi connectivity index (χ2n) is 6.10. The van der Waals surface area contributed by atoms with Crippen LogP contribution >= 0.6 is 11.8 Å². The van der Waals surface area contributed by atoms with Gasteiger partial charge in [-0.1, -0.05) is 23.9 Å². The Balaban J connectivity index is 2.01. The van der Waals surface area contributed by atoms with Gasteiger partial charge in [-0.15, -0.1) is 0 Å². The number of rotatable bonds is 0. The number of anilines is 2. The second-order valence-corrected chi connectivity index (χ2v) is 7.15. The van der Waals surface area contributed by atoms with Crippen molar-refractivity contribution >= 4 is 29.0 Å². The molecule has 0 aliphatic carbocycles. The van der Waals surface area contributed by atoms with Gasteiger partial charge in [0.1, 0.15) is 5.84 Å². The van der Waals surface area contributed by atoms with Crippen molar-refractivity contribution in [1.82, 2.24) is 4.90 Å². The molecule has 2 aromatic rings. The van der Waals surface area contributed by atoms with Gasteiger partial charge in [0.2, 0.25) is 0 Å². The standard InChI is InChI=1S/C18H19N3S/c1-9-10(2)17-16(15-14(9)11(3)21(4)18(15)19)20-12-7-5-6-8-13(12)22-17/h5-8,11,19-20H,1-4H3. The monoisotopic (exact) mass is 309 g/mol. The topological polar surface area (TPSA) is 39.1 Å². The van der Waals surface area contributed by atoms with Gasteiger partial charge in [-0.05, 0) is 49.6 Å². The average molecular weight is 309 g/mol. The highest BCUT2D eigenvalue weighted by atomic mass is 32.2. The third kappa shape index (κ3) is 1.61. The van der Waals surface area contributed by atoms with Gasteiger partial charge in [-0.25, -0.2) is 0 Å². The van der Waals surface area contributed by atoms with Crippen LogP contribution in [0.1, 0.15) is 35.2 Å². The van der Waals surface area contributed by atoms with Crippen LogP contribution in [0, 0.1) is 19.3 Å². The lowest BCUT2D eigenvalue weighted by Crippen LogP contribution is -2.21. The summed E-state index contributed by atoms with van der Waals surface area (Å²) < 4.78 is 0. The number of amidine groups is 1. The minimum Gasteiger partial charge on any atom is -0.353 e. The van der Waals surface area contributed by atoms with E-state index in [9.17, 15) is 0 Å². The van der Waals surface area contributed by atoms with Gasteiger partial charge >= 0.3 is 0 Å². The molecule has 1 unspecified atom stereocenters. The van der Waals surface area contributed by atoms with E-state index < -0.39 is 0 Å². The number of para-hydroxylation sites is 1. The van der Waals surface area contributed by atoms with E-state index in [-0.39, 0.29) is 6.04 Å². The highest BCUT2D eigenvalue weighted by molar-refractivity contribution is 7.99. The van der Waals surface area contributed by atoms with Crippen molar-refractivity contribution in [1.29, 1.82) is 5.41 Å². The molecular weight excluding hydrogens is 290 g/mol. The van der Waals surface area contributed by atoms with Gasteiger partial charge in [0.25, 0.3) is 0 Å². The lowest BCUT2D eigenvalue weighted by molar-refractivity contribution is 0.420. The molecule has 0 fully saturated rings. The first-order valence-electron chi connectivity index (χ1n) is 7.53. The molecule has 2 aromatic carbocycles. The maximum atomic E-state index is 8.53. The molecule has 0 aromatic heterocycles. The van der Waals surface area contributed by atoms with E-state index in [1.54, 1.807) is 0 Å². The van der Waals surface area contributed by atoms with E-state index in [0.29, 0.717) is 5.84 Å². The zero-order chi connectivity index (χ0) is 15.6. The van der Waals surface area contributed by atoms with Gasteiger partial charge in [-0.2, -0.15) is 0 Å². The molecule has 0 saturated carbocycles. The van der Waals surface area contributed by atoms with Crippen molar-refractivity contribution in [2.75, 3.05) is 12.4 Å². The average Bonchev–Trinajstić information content (AvgIpc) is 2.76. The normalized spacial score (nSPS) is 18.6. The zero-order valence-electron chi connectivity index (χ0n) is 13.2. The van der Waals surface area contributed by atoms with Crippen molar-refractivity contribution in [3.63, 3.8) is 0 Å². The first kappa shape index (κ1) is 13.7. The quantitative estimate of drug-likeness (QED) is 0.624. The maximum Gasteiger partial charge on any atom is 0.130 e. The molecule has 0 saturated heterocycles. The molecule has 2 aliphatic heterocycles. The van der Waals surface area contributed by atoms with E-state index in [4.69, 9.17) is 5.41 Å². The molecule has 0 radical (unpaired) electrons. The highest BCUT2D eigenvalue weighted by Crippen LogP contribution is 2.52. The summed E-state index contributed by atoms with van der Waals surface area (Å²) in [5.74, 6) is 0.620. The summed E-state index contributed by atoms with van der Waals surface area (Å²) in [6.07, 6.45) is 0. The number of benzene rings is 2. The van der Waals surface area contributed by atoms with Gasteiger partial charge in [0.05, 0.1) is 17.4 Å². The first-order valence-corrected chi connectivity index (χ1v) is 8.35. The van der Waals surface area contributed by atoms with Crippen LogP contribution in [0.25, 0.3) is 0 Å². The fourth-order valence-corrected chi connectivity index (χ4v) is 4.63. The smallest absolute Gasteiger partial charge is 0.130 e. The van der Waals surface area contributed by atoms with Crippen molar-refractivity contribution in [2.24, 2.45) is 0 Å². The molecule has 0 amide bonds. The Morgan fingerprint density at radius 1 is 1.18 bits per heavy atom. The summed E-state index contributed by atoms with van der Waals surface area (Å²) in [6.45, 7) is 6.58. The van der Waals surface area contributed by atoms with Crippen molar-refractivity contribution in [3.8, 4) is 0 Å². The van der Waals surface area contributed by atoms with Crippen LogP contribution < -0.4 is 5.32 Å². The molecule has 2 heterocycles. The van der Waals surface area contributed by atoms with Crippen LogP contribution in [-0.2, 0) is 0 Å². The summed E-state index contributed by atoms with van der Waals surface area (Å²) in [7, 11) is 2.01. The number of hydrogen-bond donors (Lipinski definition) is 2. The number of fused-ring (bicyclic) bond motifs is 4. The highest BCUT2D eigenvalue weighted by Gasteiger charge is 2.36. The van der Waals surface area contributed by atoms with Gasteiger partial charge in [-0.3, -0.25) is 5.41 Å². The minimum absolute atomic E-state index is 0.260. The zero-order valence-corrected chi connectivity index (χ0v) is 14.1. The van der Waals surface area contributed by atoms with Crippen molar-refractivity contribution < 1.29 is 0 Å². The van der Waals surface area contributed by atoms with E-state index in [1.165, 1.54) is 26.5 Å². The summed E-state index contributed by atoms with van der Waals surface area (Å²) in [4.78, 5) is 4.58. The maximum absolute atomic E-state index is 8.53. The van der Waals surface area contributed by atoms with Crippen LogP contribution in [0.3, 0.4) is 0 Å². The predicted molar refractivity (Wildman–Crippen MR) is 92.8 cm³/mol. The summed E-state index contributed by atoms with van der Waals surface area (Å²) in [5.41, 5.74) is 7.29. The van der Waals surface area contributed by atoms with E-state index >= 15 is 0 Å². The van der Waals surface area contributed by atoms with E-state index in [1.807, 2.05) is 18.8 Å². The number of nitrogens with zero attached hydrogens (tertiary/aromatic N) is 1. The molecule has 22 heavy (non-hydrogen) atoms. The summed E-state index contributed by atoms with van der Waals surface area (Å²) in [5, 5.41) is 12.1. The Hall–Kier alpha value is -1.94. The summed E-state index contributed by atoms with van der Waals surface area (Å²) >= 11 is 1.82. The van der Waals surface area contributed by atoms with Crippen LogP contribution in [0.15, 0.2) is 34.1 Å². The molecule has 0 spiro atoms. The third-order valence-electron chi connectivity index (χ3n) is 5.00. The van der Waals surface area contributed by atoms with Crippen LogP contribution in [0.5, 0.6) is 0 Å². The molecule has 0 bridgehead atoms. The number of hydrogen-bond acceptors (Lipinski definition) is 3. The Morgan fingerprint density at radius 2 is 1.91 bits per heavy atom. The Labute approximate surface area is 135 Å². The van der Waals surface area contributed by atoms with Gasteiger partial charge < -0.3 is 10.2 Å². The fourth-order valence-electron chi connectivity index (χ4n) is 3.48. The molecule has 2 aliphatic rings. The molecule has 4 heteroatoms. The Kier molecular flexibility index (Phi) is 2.82. The van der Waals surface area contributed by atoms with Gasteiger partial charge in [0, 0.05) is 22.4 Å². The summed E-state index contributed by atoms with van der Waals surface area (Å²) in [6, 6.07) is 8.65. The van der Waals surface area contributed by atoms with E-state index in [2.05, 4.69) is 55.3 Å². The molecule has 3 nitrogen and oxygen atoms in total. The fraction of sp³-hybridized carbons (Fsp3) is 0.278. The van der Waals surface area contributed by atoms with Crippen LogP contribution in [0.4, 0.5) is 11.4 Å². The second kappa shape index (κ2) is 4.53. The van der Waals surface area contributed by atoms with Crippen LogP contribution in [0.2, 0.25) is 0 Å². The first-order chi connectivity index (χ1) is 10.5. The van der Waals surface area contributed by atoms with Crippen molar-refractivity contribution in [3.05, 3.63) is 46.5 Å². The third-order valence-corrected chi connectivity index (χ3v) is 6.29. The lowest BCUT2D eigenvalue weighted by atomic mass is 9.93. The van der Waals surface area contributed by atoms with E-state index in [0.717, 1.165) is 16.9 Å². The van der Waals surface area contributed by atoms with Crippen LogP contribution in [-0.4, -0.2) is 17.8 Å². The number of nitrogens with one attached hydrogen (secondary N) is 2. The molecule has 2 N–H and O–H groups in total. The SMILES string of the molecule is Cc1c(C)c2c(c3c1Sc1ccccc1N3)C(=N)N(C)C2C. The Morgan fingerprint density at radius 3 is 2.68 bits per heavy atom. The predicted octanol–water partition coefficient (Wildman–Crippen LogP) is 4.84. The molecule has 112 valence electrons. The van der Waals surface area contributed by atoms with Gasteiger partial charge in [0.15, 0.2) is 0 Å². The Bertz CT molecular complexity index is 826. The largest absolute Gasteiger partial charge is 0.353 e. The molecule has 1 atom stereocenters.